The van der Waals surface area contributed by atoms with Crippen molar-refractivity contribution in [2.75, 3.05) is 25.1 Å². The Labute approximate surface area is 137 Å². The van der Waals surface area contributed by atoms with Crippen molar-refractivity contribution < 1.29 is 4.74 Å². The first kappa shape index (κ1) is 15.7. The monoisotopic (exact) mass is 312 g/mol. The number of nitrogens with one attached hydrogen (secondary N) is 1. The molecule has 1 atom stereocenters. The molecule has 1 saturated heterocycles. The van der Waals surface area contributed by atoms with Gasteiger partial charge in [0, 0.05) is 31.2 Å². The molecule has 1 unspecified atom stereocenters. The van der Waals surface area contributed by atoms with Crippen LogP contribution in [0, 0.1) is 6.92 Å². The molecule has 0 bridgehead atoms. The highest BCUT2D eigenvalue weighted by Gasteiger charge is 2.21. The van der Waals surface area contributed by atoms with E-state index in [1.807, 2.05) is 25.1 Å². The number of para-hydroxylation sites is 1. The zero-order valence-electron chi connectivity index (χ0n) is 13.8. The SMILES string of the molecule is COc1ccccc1CNC1CCCN(c2ccc(C)nn2)C1. The van der Waals surface area contributed by atoms with Crippen LogP contribution in [-0.4, -0.2) is 36.4 Å². The average Bonchev–Trinajstić information content (AvgIpc) is 2.61. The van der Waals surface area contributed by atoms with Crippen molar-refractivity contribution in [3.05, 3.63) is 47.7 Å². The number of hydrogen-bond donors (Lipinski definition) is 1. The van der Waals surface area contributed by atoms with Crippen LogP contribution in [0.2, 0.25) is 0 Å². The number of aromatic nitrogens is 2. The molecular weight excluding hydrogens is 288 g/mol. The summed E-state index contributed by atoms with van der Waals surface area (Å²) >= 11 is 0. The molecule has 0 aliphatic carbocycles. The number of aryl methyl sites for hydroxylation is 1. The highest BCUT2D eigenvalue weighted by atomic mass is 16.5. The van der Waals surface area contributed by atoms with Crippen LogP contribution < -0.4 is 15.0 Å². The second-order valence-electron chi connectivity index (χ2n) is 6.01. The van der Waals surface area contributed by atoms with Crippen molar-refractivity contribution in [3.63, 3.8) is 0 Å². The summed E-state index contributed by atoms with van der Waals surface area (Å²) in [5.41, 5.74) is 2.15. The highest BCUT2D eigenvalue weighted by molar-refractivity contribution is 5.38. The lowest BCUT2D eigenvalue weighted by molar-refractivity contribution is 0.394. The lowest BCUT2D eigenvalue weighted by Gasteiger charge is -2.34. The summed E-state index contributed by atoms with van der Waals surface area (Å²) in [5.74, 6) is 1.91. The van der Waals surface area contributed by atoms with Crippen LogP contribution in [0.15, 0.2) is 36.4 Å². The minimum atomic E-state index is 0.455. The molecule has 1 aliphatic rings. The van der Waals surface area contributed by atoms with E-state index in [2.05, 4.69) is 38.6 Å². The van der Waals surface area contributed by atoms with E-state index in [1.165, 1.54) is 18.4 Å². The van der Waals surface area contributed by atoms with Crippen molar-refractivity contribution in [2.24, 2.45) is 0 Å². The Morgan fingerprint density at radius 1 is 1.22 bits per heavy atom. The van der Waals surface area contributed by atoms with Crippen molar-refractivity contribution in [2.45, 2.75) is 32.4 Å². The molecule has 1 fully saturated rings. The molecule has 0 amide bonds. The summed E-state index contributed by atoms with van der Waals surface area (Å²) in [6, 6.07) is 12.7. The van der Waals surface area contributed by atoms with Crippen molar-refractivity contribution in [1.29, 1.82) is 0 Å². The summed E-state index contributed by atoms with van der Waals surface area (Å²) in [5, 5.41) is 12.1. The number of ether oxygens (including phenoxy) is 1. The Bertz CT molecular complexity index is 629. The van der Waals surface area contributed by atoms with Crippen LogP contribution in [-0.2, 0) is 6.54 Å². The second-order valence-corrected chi connectivity index (χ2v) is 6.01. The molecule has 0 spiro atoms. The van der Waals surface area contributed by atoms with Gasteiger partial charge in [-0.15, -0.1) is 5.10 Å². The number of rotatable bonds is 5. The lowest BCUT2D eigenvalue weighted by atomic mass is 10.0. The molecular formula is C18H24N4O. The fraction of sp³-hybridized carbons (Fsp3) is 0.444. The smallest absolute Gasteiger partial charge is 0.151 e. The van der Waals surface area contributed by atoms with Gasteiger partial charge in [-0.3, -0.25) is 0 Å². The number of anilines is 1. The molecule has 1 N–H and O–H groups in total. The average molecular weight is 312 g/mol. The Balaban J connectivity index is 1.59. The predicted molar refractivity (Wildman–Crippen MR) is 91.8 cm³/mol. The van der Waals surface area contributed by atoms with Crippen molar-refractivity contribution in [1.82, 2.24) is 15.5 Å². The summed E-state index contributed by atoms with van der Waals surface area (Å²) in [4.78, 5) is 2.32. The molecule has 23 heavy (non-hydrogen) atoms. The van der Waals surface area contributed by atoms with Gasteiger partial charge in [0.05, 0.1) is 12.8 Å². The fourth-order valence-electron chi connectivity index (χ4n) is 3.02. The van der Waals surface area contributed by atoms with E-state index in [1.54, 1.807) is 7.11 Å². The maximum absolute atomic E-state index is 5.42. The summed E-state index contributed by atoms with van der Waals surface area (Å²) in [6.07, 6.45) is 2.35. The molecule has 1 aromatic heterocycles. The lowest BCUT2D eigenvalue weighted by Crippen LogP contribution is -2.45. The van der Waals surface area contributed by atoms with Gasteiger partial charge in [-0.25, -0.2) is 0 Å². The zero-order chi connectivity index (χ0) is 16.1. The molecule has 0 radical (unpaired) electrons. The minimum Gasteiger partial charge on any atom is -0.496 e. The van der Waals surface area contributed by atoms with Gasteiger partial charge < -0.3 is 15.0 Å². The van der Waals surface area contributed by atoms with Crippen LogP contribution in [0.4, 0.5) is 5.82 Å². The van der Waals surface area contributed by atoms with Gasteiger partial charge in [0.25, 0.3) is 0 Å². The Morgan fingerprint density at radius 3 is 2.87 bits per heavy atom. The van der Waals surface area contributed by atoms with Gasteiger partial charge >= 0.3 is 0 Å². The van der Waals surface area contributed by atoms with E-state index in [0.29, 0.717) is 6.04 Å². The molecule has 0 saturated carbocycles. The summed E-state index contributed by atoms with van der Waals surface area (Å²) in [6.45, 7) is 4.80. The molecule has 3 rings (SSSR count). The molecule has 1 aliphatic heterocycles. The van der Waals surface area contributed by atoms with Gasteiger partial charge in [-0.2, -0.15) is 5.10 Å². The third kappa shape index (κ3) is 3.99. The molecule has 5 nitrogen and oxygen atoms in total. The van der Waals surface area contributed by atoms with Crippen molar-refractivity contribution in [3.8, 4) is 5.75 Å². The molecule has 2 aromatic rings. The normalized spacial score (nSPS) is 18.0. The number of hydrogen-bond acceptors (Lipinski definition) is 5. The quantitative estimate of drug-likeness (QED) is 0.919. The zero-order valence-corrected chi connectivity index (χ0v) is 13.8. The number of nitrogens with zero attached hydrogens (tertiary/aromatic N) is 3. The maximum atomic E-state index is 5.42. The highest BCUT2D eigenvalue weighted by Crippen LogP contribution is 2.20. The van der Waals surface area contributed by atoms with Gasteiger partial charge in [0.1, 0.15) is 5.75 Å². The maximum Gasteiger partial charge on any atom is 0.151 e. The number of methoxy groups -OCH3 is 1. The third-order valence-corrected chi connectivity index (χ3v) is 4.30. The first-order chi connectivity index (χ1) is 11.3. The third-order valence-electron chi connectivity index (χ3n) is 4.30. The first-order valence-electron chi connectivity index (χ1n) is 8.17. The molecule has 1 aromatic carbocycles. The van der Waals surface area contributed by atoms with E-state index in [0.717, 1.165) is 36.9 Å². The summed E-state index contributed by atoms with van der Waals surface area (Å²) < 4.78 is 5.42. The first-order valence-corrected chi connectivity index (χ1v) is 8.17. The number of benzene rings is 1. The van der Waals surface area contributed by atoms with Gasteiger partial charge in [-0.1, -0.05) is 18.2 Å². The van der Waals surface area contributed by atoms with Crippen LogP contribution in [0.3, 0.4) is 0 Å². The topological polar surface area (TPSA) is 50.3 Å². The Morgan fingerprint density at radius 2 is 2.09 bits per heavy atom. The second kappa shape index (κ2) is 7.42. The van der Waals surface area contributed by atoms with Gasteiger partial charge in [-0.05, 0) is 38.0 Å². The van der Waals surface area contributed by atoms with E-state index in [-0.39, 0.29) is 0 Å². The predicted octanol–water partition coefficient (Wildman–Crippen LogP) is 2.55. The van der Waals surface area contributed by atoms with E-state index in [9.17, 15) is 0 Å². The Kier molecular flexibility index (Phi) is 5.08. The van der Waals surface area contributed by atoms with E-state index < -0.39 is 0 Å². The minimum absolute atomic E-state index is 0.455. The van der Waals surface area contributed by atoms with Crippen LogP contribution >= 0.6 is 0 Å². The number of piperidine rings is 1. The largest absolute Gasteiger partial charge is 0.496 e. The van der Waals surface area contributed by atoms with Crippen LogP contribution in [0.1, 0.15) is 24.1 Å². The van der Waals surface area contributed by atoms with Gasteiger partial charge in [0.15, 0.2) is 5.82 Å². The van der Waals surface area contributed by atoms with E-state index in [4.69, 9.17) is 4.74 Å². The van der Waals surface area contributed by atoms with Gasteiger partial charge in [0.2, 0.25) is 0 Å². The van der Waals surface area contributed by atoms with E-state index >= 15 is 0 Å². The summed E-state index contributed by atoms with van der Waals surface area (Å²) in [7, 11) is 1.72. The standard InChI is InChI=1S/C18H24N4O/c1-14-9-10-18(21-20-14)22-11-5-7-16(13-22)19-12-15-6-3-4-8-17(15)23-2/h3-4,6,8-10,16,19H,5,7,11-13H2,1-2H3. The molecule has 2 heterocycles. The fourth-order valence-corrected chi connectivity index (χ4v) is 3.02. The van der Waals surface area contributed by atoms with Crippen LogP contribution in [0.5, 0.6) is 5.75 Å². The Hall–Kier alpha value is -2.14. The van der Waals surface area contributed by atoms with Crippen molar-refractivity contribution >= 4 is 5.82 Å². The molecule has 5 heteroatoms. The molecule has 122 valence electrons. The van der Waals surface area contributed by atoms with Crippen LogP contribution in [0.25, 0.3) is 0 Å².